The third-order valence-corrected chi connectivity index (χ3v) is 6.06. The summed E-state index contributed by atoms with van der Waals surface area (Å²) in [7, 11) is -4.00. The van der Waals surface area contributed by atoms with E-state index in [1.807, 2.05) is 6.92 Å². The van der Waals surface area contributed by atoms with Crippen molar-refractivity contribution in [3.63, 3.8) is 0 Å². The number of rotatable bonds is 7. The number of aromatic nitrogens is 3. The van der Waals surface area contributed by atoms with Crippen LogP contribution in [0.15, 0.2) is 41.3 Å². The molecule has 0 N–H and O–H groups in total. The van der Waals surface area contributed by atoms with E-state index in [1.54, 1.807) is 30.3 Å². The van der Waals surface area contributed by atoms with Crippen molar-refractivity contribution in [2.24, 2.45) is 0 Å². The predicted octanol–water partition coefficient (Wildman–Crippen LogP) is 4.20. The minimum atomic E-state index is -4.00. The quantitative estimate of drug-likeness (QED) is 0.562. The van der Waals surface area contributed by atoms with Gasteiger partial charge in [-0.15, -0.1) is 9.19 Å². The Kier molecular flexibility index (Phi) is 5.48. The van der Waals surface area contributed by atoms with Crippen LogP contribution in [-0.2, 0) is 10.0 Å². The van der Waals surface area contributed by atoms with Gasteiger partial charge in [-0.25, -0.2) is 0 Å². The van der Waals surface area contributed by atoms with Crippen molar-refractivity contribution in [3.8, 4) is 5.75 Å². The van der Waals surface area contributed by atoms with Gasteiger partial charge in [-0.1, -0.05) is 48.7 Å². The van der Waals surface area contributed by atoms with E-state index < -0.39 is 10.0 Å². The molecule has 0 spiro atoms. The van der Waals surface area contributed by atoms with Crippen molar-refractivity contribution < 1.29 is 13.2 Å². The van der Waals surface area contributed by atoms with Gasteiger partial charge in [0.2, 0.25) is 0 Å². The van der Waals surface area contributed by atoms with E-state index in [9.17, 15) is 8.42 Å². The van der Waals surface area contributed by atoms with E-state index in [0.717, 1.165) is 28.9 Å². The highest BCUT2D eigenvalue weighted by Gasteiger charge is 2.26. The second kappa shape index (κ2) is 7.63. The van der Waals surface area contributed by atoms with Crippen molar-refractivity contribution in [3.05, 3.63) is 47.0 Å². The Hall–Kier alpha value is -2.12. The van der Waals surface area contributed by atoms with Crippen LogP contribution in [0, 0.1) is 6.92 Å². The van der Waals surface area contributed by atoms with E-state index >= 15 is 0 Å². The molecule has 0 fully saturated rings. The van der Waals surface area contributed by atoms with Gasteiger partial charge in [-0.3, -0.25) is 0 Å². The summed E-state index contributed by atoms with van der Waals surface area (Å²) in [6.45, 7) is 4.34. The first-order valence-electron chi connectivity index (χ1n) is 8.44. The third-order valence-electron chi connectivity index (χ3n) is 4.06. The zero-order chi connectivity index (χ0) is 18.7. The van der Waals surface area contributed by atoms with Gasteiger partial charge in [-0.2, -0.15) is 8.42 Å². The van der Waals surface area contributed by atoms with Gasteiger partial charge in [0.15, 0.2) is 0 Å². The van der Waals surface area contributed by atoms with Crippen molar-refractivity contribution in [2.45, 2.75) is 38.0 Å². The molecule has 6 nitrogen and oxygen atoms in total. The molecule has 3 rings (SSSR count). The van der Waals surface area contributed by atoms with Gasteiger partial charge in [0.1, 0.15) is 21.7 Å². The molecular weight excluding hydrogens is 374 g/mol. The number of hydrogen-bond acceptors (Lipinski definition) is 5. The zero-order valence-electron chi connectivity index (χ0n) is 14.6. The first kappa shape index (κ1) is 18.7. The smallest absolute Gasteiger partial charge is 0.288 e. The molecule has 8 heteroatoms. The van der Waals surface area contributed by atoms with Gasteiger partial charge < -0.3 is 4.74 Å². The molecule has 26 heavy (non-hydrogen) atoms. The maximum atomic E-state index is 13.2. The molecule has 0 saturated carbocycles. The molecule has 138 valence electrons. The van der Waals surface area contributed by atoms with Crippen molar-refractivity contribution >= 4 is 32.7 Å². The van der Waals surface area contributed by atoms with Crippen molar-refractivity contribution in [2.75, 3.05) is 6.61 Å². The Labute approximate surface area is 157 Å². The lowest BCUT2D eigenvalue weighted by molar-refractivity contribution is 0.298. The lowest BCUT2D eigenvalue weighted by Gasteiger charge is -2.14. The zero-order valence-corrected chi connectivity index (χ0v) is 16.2. The van der Waals surface area contributed by atoms with Gasteiger partial charge in [0.05, 0.1) is 6.61 Å². The summed E-state index contributed by atoms with van der Waals surface area (Å²) in [6.07, 6.45) is 2.92. The highest BCUT2D eigenvalue weighted by Crippen LogP contribution is 2.32. The van der Waals surface area contributed by atoms with Crippen LogP contribution in [0.1, 0.15) is 31.7 Å². The summed E-state index contributed by atoms with van der Waals surface area (Å²) in [4.78, 5) is -0.0137. The number of halogens is 1. The third kappa shape index (κ3) is 3.54. The number of hydrogen-bond donors (Lipinski definition) is 0. The molecule has 0 saturated heterocycles. The minimum absolute atomic E-state index is 0.0137. The molecule has 0 aliphatic carbocycles. The van der Waals surface area contributed by atoms with Crippen LogP contribution in [0.4, 0.5) is 0 Å². The number of ether oxygens (including phenoxy) is 1. The lowest BCUT2D eigenvalue weighted by Crippen LogP contribution is -2.16. The summed E-state index contributed by atoms with van der Waals surface area (Å²) < 4.78 is 33.1. The molecule has 1 heterocycles. The average Bonchev–Trinajstić information content (AvgIpc) is 3.06. The standard InChI is InChI=1S/C18H20ClN3O3S/c1-3-4-7-10-25-17-11-13(2)14(19)12-18(17)26(23,24)22-16-9-6-5-8-15(16)20-21-22/h5-6,8-9,11-12H,3-4,7,10H2,1-2H3. The fraction of sp³-hybridized carbons (Fsp3) is 0.333. The summed E-state index contributed by atoms with van der Waals surface area (Å²) in [6, 6.07) is 9.95. The molecule has 0 bridgehead atoms. The fourth-order valence-corrected chi connectivity index (χ4v) is 4.20. The van der Waals surface area contributed by atoms with Gasteiger partial charge in [0, 0.05) is 5.02 Å². The molecule has 2 aromatic carbocycles. The first-order chi connectivity index (χ1) is 12.4. The number of benzene rings is 2. The normalized spacial score (nSPS) is 11.8. The van der Waals surface area contributed by atoms with Gasteiger partial charge in [-0.05, 0) is 43.2 Å². The Morgan fingerprint density at radius 1 is 1.19 bits per heavy atom. The highest BCUT2D eigenvalue weighted by atomic mass is 35.5. The largest absolute Gasteiger partial charge is 0.492 e. The second-order valence-corrected chi connectivity index (χ2v) is 8.17. The van der Waals surface area contributed by atoms with E-state index in [0.29, 0.717) is 22.7 Å². The lowest BCUT2D eigenvalue weighted by atomic mass is 10.2. The summed E-state index contributed by atoms with van der Waals surface area (Å²) in [5.41, 5.74) is 1.65. The highest BCUT2D eigenvalue weighted by molar-refractivity contribution is 7.90. The van der Waals surface area contributed by atoms with E-state index in [4.69, 9.17) is 16.3 Å². The van der Waals surface area contributed by atoms with Crippen LogP contribution in [0.2, 0.25) is 5.02 Å². The first-order valence-corrected chi connectivity index (χ1v) is 10.3. The van der Waals surface area contributed by atoms with Gasteiger partial charge >= 0.3 is 0 Å². The molecule has 3 aromatic rings. The van der Waals surface area contributed by atoms with E-state index in [-0.39, 0.29) is 10.6 Å². The molecule has 0 amide bonds. The number of fused-ring (bicyclic) bond motifs is 1. The summed E-state index contributed by atoms with van der Waals surface area (Å²) >= 11 is 6.19. The maximum Gasteiger partial charge on any atom is 0.288 e. The Morgan fingerprint density at radius 3 is 2.73 bits per heavy atom. The summed E-state index contributed by atoms with van der Waals surface area (Å²) in [5.74, 6) is 0.280. The number of unbranched alkanes of at least 4 members (excludes halogenated alkanes) is 2. The topological polar surface area (TPSA) is 74.1 Å². The molecule has 0 aliphatic rings. The maximum absolute atomic E-state index is 13.2. The summed E-state index contributed by atoms with van der Waals surface area (Å²) in [5, 5.41) is 8.11. The Bertz CT molecular complexity index is 1030. The van der Waals surface area contributed by atoms with Crippen molar-refractivity contribution in [1.29, 1.82) is 0 Å². The van der Waals surface area contributed by atoms with E-state index in [1.165, 1.54) is 6.07 Å². The molecule has 0 atom stereocenters. The number of nitrogens with zero attached hydrogens (tertiary/aromatic N) is 3. The van der Waals surface area contributed by atoms with Crippen LogP contribution in [0.5, 0.6) is 5.75 Å². The molecule has 0 radical (unpaired) electrons. The van der Waals surface area contributed by atoms with Crippen LogP contribution in [0.25, 0.3) is 11.0 Å². The molecule has 1 aromatic heterocycles. The monoisotopic (exact) mass is 393 g/mol. The Balaban J connectivity index is 2.07. The van der Waals surface area contributed by atoms with Gasteiger partial charge in [0.25, 0.3) is 10.0 Å². The second-order valence-electron chi connectivity index (χ2n) is 6.03. The number of aryl methyl sites for hydroxylation is 1. The van der Waals surface area contributed by atoms with Crippen LogP contribution >= 0.6 is 11.6 Å². The molecular formula is C18H20ClN3O3S. The predicted molar refractivity (Wildman–Crippen MR) is 101 cm³/mol. The minimum Gasteiger partial charge on any atom is -0.492 e. The van der Waals surface area contributed by atoms with Crippen LogP contribution < -0.4 is 4.74 Å². The number of para-hydroxylation sites is 1. The van der Waals surface area contributed by atoms with Crippen LogP contribution in [0.3, 0.4) is 0 Å². The Morgan fingerprint density at radius 2 is 1.96 bits per heavy atom. The van der Waals surface area contributed by atoms with Crippen LogP contribution in [-0.4, -0.2) is 29.4 Å². The van der Waals surface area contributed by atoms with E-state index in [2.05, 4.69) is 17.2 Å². The molecule has 0 aliphatic heterocycles. The molecule has 0 unspecified atom stereocenters. The average molecular weight is 394 g/mol. The fourth-order valence-electron chi connectivity index (χ4n) is 2.60. The van der Waals surface area contributed by atoms with Crippen molar-refractivity contribution in [1.82, 2.24) is 14.4 Å². The SMILES string of the molecule is CCCCCOc1cc(C)c(Cl)cc1S(=O)(=O)n1nnc2ccccc21.